The number of aromatic amines is 1. The molecule has 1 unspecified atom stereocenters. The summed E-state index contributed by atoms with van der Waals surface area (Å²) in [5.41, 5.74) is 4.18. The molecule has 3 aromatic rings. The molecule has 0 fully saturated rings. The molecule has 1 amide bonds. The minimum absolute atomic E-state index is 0.153. The van der Waals surface area contributed by atoms with Crippen molar-refractivity contribution < 1.29 is 23.8 Å². The first kappa shape index (κ1) is 22.0. The van der Waals surface area contributed by atoms with E-state index in [1.54, 1.807) is 39.4 Å². The van der Waals surface area contributed by atoms with Crippen molar-refractivity contribution in [1.82, 2.24) is 9.88 Å². The van der Waals surface area contributed by atoms with Crippen LogP contribution in [0.2, 0.25) is 0 Å². The molecule has 0 saturated heterocycles. The zero-order valence-electron chi connectivity index (χ0n) is 18.8. The molecule has 1 aromatic carbocycles. The fraction of sp³-hybridized carbons (Fsp3) is 0.333. The highest BCUT2D eigenvalue weighted by Gasteiger charge is 2.36. The maximum absolute atomic E-state index is 13.8. The molecule has 0 spiro atoms. The Morgan fingerprint density at radius 3 is 2.47 bits per heavy atom. The van der Waals surface area contributed by atoms with Crippen LogP contribution in [-0.2, 0) is 11.2 Å². The monoisotopic (exact) mass is 454 g/mol. The third-order valence-electron chi connectivity index (χ3n) is 5.99. The lowest BCUT2D eigenvalue weighted by atomic mass is 9.90. The van der Waals surface area contributed by atoms with Gasteiger partial charge < -0.3 is 24.1 Å². The topological polar surface area (TPSA) is 80.9 Å². The second kappa shape index (κ2) is 8.70. The molecule has 7 nitrogen and oxygen atoms in total. The van der Waals surface area contributed by atoms with E-state index >= 15 is 0 Å². The zero-order chi connectivity index (χ0) is 23.0. The van der Waals surface area contributed by atoms with Gasteiger partial charge in [0.05, 0.1) is 32.9 Å². The molecular formula is C24H26N2O5S. The molecule has 0 bridgehead atoms. The summed E-state index contributed by atoms with van der Waals surface area (Å²) in [5, 5.41) is 2.01. The van der Waals surface area contributed by atoms with Gasteiger partial charge in [-0.2, -0.15) is 0 Å². The first-order valence-electron chi connectivity index (χ1n) is 10.3. The number of aryl methyl sites for hydroxylation is 1. The van der Waals surface area contributed by atoms with E-state index < -0.39 is 5.97 Å². The normalized spacial score (nSPS) is 15.3. The van der Waals surface area contributed by atoms with E-state index in [1.165, 1.54) is 7.11 Å². The predicted octanol–water partition coefficient (Wildman–Crippen LogP) is 4.28. The van der Waals surface area contributed by atoms with Gasteiger partial charge >= 0.3 is 5.97 Å². The molecule has 0 saturated carbocycles. The van der Waals surface area contributed by atoms with Crippen LogP contribution in [0.4, 0.5) is 0 Å². The van der Waals surface area contributed by atoms with E-state index in [0.29, 0.717) is 47.0 Å². The lowest BCUT2D eigenvalue weighted by Crippen LogP contribution is -2.40. The number of methoxy groups -OCH3 is 3. The maximum atomic E-state index is 13.8. The lowest BCUT2D eigenvalue weighted by molar-refractivity contribution is 0.0599. The average molecular weight is 455 g/mol. The van der Waals surface area contributed by atoms with E-state index in [4.69, 9.17) is 14.2 Å². The molecule has 1 aliphatic heterocycles. The van der Waals surface area contributed by atoms with Gasteiger partial charge in [0, 0.05) is 17.1 Å². The van der Waals surface area contributed by atoms with Crippen LogP contribution in [0.5, 0.6) is 11.5 Å². The molecular weight excluding hydrogens is 428 g/mol. The highest BCUT2D eigenvalue weighted by Crippen LogP contribution is 2.42. The lowest BCUT2D eigenvalue weighted by Gasteiger charge is -2.37. The van der Waals surface area contributed by atoms with Gasteiger partial charge in [0.2, 0.25) is 0 Å². The minimum Gasteiger partial charge on any atom is -0.493 e. The number of H-pyrrole nitrogens is 1. The van der Waals surface area contributed by atoms with Crippen LogP contribution in [0.3, 0.4) is 0 Å². The third kappa shape index (κ3) is 3.54. The molecule has 1 atom stereocenters. The number of hydrogen-bond donors (Lipinski definition) is 1. The summed E-state index contributed by atoms with van der Waals surface area (Å²) in [5.74, 6) is 0.696. The van der Waals surface area contributed by atoms with E-state index in [0.717, 1.165) is 16.0 Å². The maximum Gasteiger partial charge on any atom is 0.339 e. The predicted molar refractivity (Wildman–Crippen MR) is 122 cm³/mol. The van der Waals surface area contributed by atoms with Crippen LogP contribution in [-0.4, -0.2) is 49.6 Å². The Bertz CT molecular complexity index is 1170. The number of amides is 1. The van der Waals surface area contributed by atoms with Gasteiger partial charge in [0.15, 0.2) is 11.5 Å². The highest BCUT2D eigenvalue weighted by atomic mass is 32.1. The number of carbonyl (C=O) groups is 2. The van der Waals surface area contributed by atoms with Crippen molar-refractivity contribution in [2.24, 2.45) is 0 Å². The van der Waals surface area contributed by atoms with Gasteiger partial charge in [-0.1, -0.05) is 6.07 Å². The Hall–Kier alpha value is -3.26. The summed E-state index contributed by atoms with van der Waals surface area (Å²) in [6, 6.07) is 7.71. The molecule has 168 valence electrons. The first-order valence-corrected chi connectivity index (χ1v) is 11.2. The van der Waals surface area contributed by atoms with Crippen LogP contribution in [0.15, 0.2) is 29.6 Å². The van der Waals surface area contributed by atoms with Gasteiger partial charge in [-0.25, -0.2) is 4.79 Å². The number of ether oxygens (including phenoxy) is 3. The van der Waals surface area contributed by atoms with E-state index in [2.05, 4.69) is 4.98 Å². The Morgan fingerprint density at radius 2 is 1.84 bits per heavy atom. The van der Waals surface area contributed by atoms with Crippen LogP contribution in [0.1, 0.15) is 54.1 Å². The summed E-state index contributed by atoms with van der Waals surface area (Å²) in [4.78, 5) is 32.0. The Kier molecular flexibility index (Phi) is 5.97. The summed E-state index contributed by atoms with van der Waals surface area (Å²) in [6.07, 6.45) is 0.686. The fourth-order valence-electron chi connectivity index (χ4n) is 4.43. The number of carbonyl (C=O) groups excluding carboxylic acids is 2. The van der Waals surface area contributed by atoms with Crippen LogP contribution in [0, 0.1) is 13.8 Å². The average Bonchev–Trinajstić information content (AvgIpc) is 3.44. The first-order chi connectivity index (χ1) is 15.4. The second-order valence-corrected chi connectivity index (χ2v) is 8.67. The van der Waals surface area contributed by atoms with Gasteiger partial charge in [0.25, 0.3) is 5.91 Å². The van der Waals surface area contributed by atoms with E-state index in [-0.39, 0.29) is 11.9 Å². The summed E-state index contributed by atoms with van der Waals surface area (Å²) >= 11 is 1.60. The van der Waals surface area contributed by atoms with Gasteiger partial charge in [-0.15, -0.1) is 11.3 Å². The number of hydrogen-bond acceptors (Lipinski definition) is 6. The van der Waals surface area contributed by atoms with Crippen molar-refractivity contribution in [1.29, 1.82) is 0 Å². The third-order valence-corrected chi connectivity index (χ3v) is 6.91. The van der Waals surface area contributed by atoms with Crippen molar-refractivity contribution in [2.75, 3.05) is 27.9 Å². The SMILES string of the molecule is COC(=O)c1c(C)[nH]c(C(=O)N2CCc3cc(OC)c(OC)cc3C2c2cccs2)c1C. The highest BCUT2D eigenvalue weighted by molar-refractivity contribution is 7.10. The molecule has 1 N–H and O–H groups in total. The van der Waals surface area contributed by atoms with Gasteiger partial charge in [0.1, 0.15) is 5.69 Å². The summed E-state index contributed by atoms with van der Waals surface area (Å²) in [7, 11) is 4.57. The van der Waals surface area contributed by atoms with E-state index in [1.807, 2.05) is 34.5 Å². The smallest absolute Gasteiger partial charge is 0.339 e. The van der Waals surface area contributed by atoms with Crippen molar-refractivity contribution in [3.8, 4) is 11.5 Å². The number of fused-ring (bicyclic) bond motifs is 1. The molecule has 8 heteroatoms. The fourth-order valence-corrected chi connectivity index (χ4v) is 5.29. The van der Waals surface area contributed by atoms with Crippen molar-refractivity contribution >= 4 is 23.2 Å². The quantitative estimate of drug-likeness (QED) is 0.582. The number of benzene rings is 1. The second-order valence-electron chi connectivity index (χ2n) is 7.69. The van der Waals surface area contributed by atoms with Crippen LogP contribution < -0.4 is 9.47 Å². The Balaban J connectivity index is 1.82. The van der Waals surface area contributed by atoms with Gasteiger partial charge in [-0.3, -0.25) is 4.79 Å². The number of nitrogens with one attached hydrogen (secondary N) is 1. The molecule has 3 heterocycles. The Labute approximate surface area is 190 Å². The van der Waals surface area contributed by atoms with Crippen LogP contribution in [0.25, 0.3) is 0 Å². The standard InChI is InChI=1S/C24H26N2O5S/c1-13-20(24(28)31-5)14(2)25-21(13)23(27)26-9-8-15-11-17(29-3)18(30-4)12-16(15)22(26)19-7-6-10-32-19/h6-7,10-12,22,25H,8-9H2,1-5H3. The molecule has 32 heavy (non-hydrogen) atoms. The van der Waals surface area contributed by atoms with Crippen molar-refractivity contribution in [2.45, 2.75) is 26.3 Å². The number of thiophene rings is 1. The molecule has 0 aliphatic carbocycles. The minimum atomic E-state index is -0.453. The number of esters is 1. The summed E-state index contributed by atoms with van der Waals surface area (Å²) in [6.45, 7) is 4.08. The van der Waals surface area contributed by atoms with Crippen molar-refractivity contribution in [3.05, 3.63) is 68.2 Å². The number of nitrogens with zero attached hydrogens (tertiary/aromatic N) is 1. The number of aromatic nitrogens is 1. The Morgan fingerprint density at radius 1 is 1.12 bits per heavy atom. The van der Waals surface area contributed by atoms with Crippen LogP contribution >= 0.6 is 11.3 Å². The summed E-state index contributed by atoms with van der Waals surface area (Å²) < 4.78 is 15.9. The zero-order valence-corrected chi connectivity index (χ0v) is 19.6. The molecule has 2 aromatic heterocycles. The largest absolute Gasteiger partial charge is 0.493 e. The molecule has 0 radical (unpaired) electrons. The molecule has 4 rings (SSSR count). The van der Waals surface area contributed by atoms with E-state index in [9.17, 15) is 9.59 Å². The van der Waals surface area contributed by atoms with Gasteiger partial charge in [-0.05, 0) is 60.5 Å². The van der Waals surface area contributed by atoms with Crippen molar-refractivity contribution in [3.63, 3.8) is 0 Å². The molecule has 1 aliphatic rings. The number of rotatable bonds is 5.